The van der Waals surface area contributed by atoms with E-state index >= 15 is 0 Å². The standard InChI is InChI=1S/C21H23FN4O4/c1-15(27)24-9-11-25(12-10-24)19-8-5-17(13-20(19)26(29)30)21(28)23(2)14-16-3-6-18(22)7-4-16/h3-8,13H,9-12,14H2,1-2H3. The van der Waals surface area contributed by atoms with Crippen molar-refractivity contribution in [1.82, 2.24) is 9.80 Å². The molecule has 0 atom stereocenters. The lowest BCUT2D eigenvalue weighted by molar-refractivity contribution is -0.384. The predicted molar refractivity (Wildman–Crippen MR) is 110 cm³/mol. The number of rotatable bonds is 5. The van der Waals surface area contributed by atoms with Gasteiger partial charge in [0.2, 0.25) is 5.91 Å². The minimum atomic E-state index is -0.497. The van der Waals surface area contributed by atoms with E-state index in [1.165, 1.54) is 30.0 Å². The van der Waals surface area contributed by atoms with Gasteiger partial charge in [0.1, 0.15) is 11.5 Å². The van der Waals surface area contributed by atoms with E-state index in [1.54, 1.807) is 36.2 Å². The molecule has 0 saturated carbocycles. The zero-order valence-electron chi connectivity index (χ0n) is 16.9. The van der Waals surface area contributed by atoms with Crippen LogP contribution in [0.25, 0.3) is 0 Å². The molecule has 158 valence electrons. The monoisotopic (exact) mass is 414 g/mol. The van der Waals surface area contributed by atoms with Crippen LogP contribution in [0.1, 0.15) is 22.8 Å². The van der Waals surface area contributed by atoms with E-state index in [2.05, 4.69) is 0 Å². The number of anilines is 1. The summed E-state index contributed by atoms with van der Waals surface area (Å²) in [5, 5.41) is 11.7. The number of carbonyl (C=O) groups excluding carboxylic acids is 2. The fraction of sp³-hybridized carbons (Fsp3) is 0.333. The first-order valence-electron chi connectivity index (χ1n) is 9.55. The van der Waals surface area contributed by atoms with Crippen molar-refractivity contribution in [1.29, 1.82) is 0 Å². The van der Waals surface area contributed by atoms with Gasteiger partial charge in [-0.1, -0.05) is 12.1 Å². The van der Waals surface area contributed by atoms with Crippen molar-refractivity contribution < 1.29 is 18.9 Å². The maximum Gasteiger partial charge on any atom is 0.293 e. The quantitative estimate of drug-likeness (QED) is 0.555. The summed E-state index contributed by atoms with van der Waals surface area (Å²) in [6, 6.07) is 10.3. The Kier molecular flexibility index (Phi) is 6.29. The van der Waals surface area contributed by atoms with E-state index in [9.17, 15) is 24.1 Å². The van der Waals surface area contributed by atoms with Crippen molar-refractivity contribution in [2.75, 3.05) is 38.1 Å². The van der Waals surface area contributed by atoms with Crippen LogP contribution in [-0.2, 0) is 11.3 Å². The molecule has 0 N–H and O–H groups in total. The van der Waals surface area contributed by atoms with Gasteiger partial charge in [-0.3, -0.25) is 19.7 Å². The van der Waals surface area contributed by atoms with E-state index in [1.807, 2.05) is 4.90 Å². The average molecular weight is 414 g/mol. The summed E-state index contributed by atoms with van der Waals surface area (Å²) in [6.07, 6.45) is 0. The average Bonchev–Trinajstić information content (AvgIpc) is 2.74. The highest BCUT2D eigenvalue weighted by Crippen LogP contribution is 2.30. The van der Waals surface area contributed by atoms with E-state index < -0.39 is 4.92 Å². The normalized spacial score (nSPS) is 13.8. The Balaban J connectivity index is 1.77. The van der Waals surface area contributed by atoms with Crippen molar-refractivity contribution in [3.05, 3.63) is 69.5 Å². The Labute approximate surface area is 173 Å². The van der Waals surface area contributed by atoms with Crippen LogP contribution in [0.3, 0.4) is 0 Å². The van der Waals surface area contributed by atoms with Crippen LogP contribution < -0.4 is 4.90 Å². The Hall–Kier alpha value is -3.49. The highest BCUT2D eigenvalue weighted by molar-refractivity contribution is 5.95. The van der Waals surface area contributed by atoms with Gasteiger partial charge in [-0.15, -0.1) is 0 Å². The molecule has 3 rings (SSSR count). The molecule has 2 aromatic carbocycles. The number of nitro groups is 1. The third-order valence-corrected chi connectivity index (χ3v) is 5.16. The third-order valence-electron chi connectivity index (χ3n) is 5.16. The summed E-state index contributed by atoms with van der Waals surface area (Å²) in [5.41, 5.74) is 1.24. The molecule has 1 aliphatic rings. The van der Waals surface area contributed by atoms with Crippen LogP contribution in [0.5, 0.6) is 0 Å². The summed E-state index contributed by atoms with van der Waals surface area (Å²) < 4.78 is 13.1. The van der Waals surface area contributed by atoms with Gasteiger partial charge in [0.05, 0.1) is 4.92 Å². The first-order chi connectivity index (χ1) is 14.3. The van der Waals surface area contributed by atoms with Crippen LogP contribution in [0, 0.1) is 15.9 Å². The summed E-state index contributed by atoms with van der Waals surface area (Å²) in [4.78, 5) is 40.4. The molecule has 0 spiro atoms. The molecule has 0 radical (unpaired) electrons. The van der Waals surface area contributed by atoms with Gasteiger partial charge in [-0.05, 0) is 29.8 Å². The van der Waals surface area contributed by atoms with Crippen LogP contribution in [-0.4, -0.2) is 59.8 Å². The highest BCUT2D eigenvalue weighted by Gasteiger charge is 2.26. The second-order valence-corrected chi connectivity index (χ2v) is 7.24. The smallest absolute Gasteiger partial charge is 0.293 e. The van der Waals surface area contributed by atoms with E-state index in [0.717, 1.165) is 5.56 Å². The Morgan fingerprint density at radius 3 is 2.30 bits per heavy atom. The maximum absolute atomic E-state index is 13.1. The molecule has 0 bridgehead atoms. The summed E-state index contributed by atoms with van der Waals surface area (Å²) in [6.45, 7) is 3.71. The number of hydrogen-bond donors (Lipinski definition) is 0. The van der Waals surface area contributed by atoms with Crippen LogP contribution in [0.15, 0.2) is 42.5 Å². The van der Waals surface area contributed by atoms with Gasteiger partial charge >= 0.3 is 0 Å². The van der Waals surface area contributed by atoms with Gasteiger partial charge in [0.25, 0.3) is 11.6 Å². The second-order valence-electron chi connectivity index (χ2n) is 7.24. The van der Waals surface area contributed by atoms with Crippen LogP contribution in [0.4, 0.5) is 15.8 Å². The topological polar surface area (TPSA) is 87.0 Å². The molecular formula is C21H23FN4O4. The van der Waals surface area contributed by atoms with Gasteiger partial charge < -0.3 is 14.7 Å². The highest BCUT2D eigenvalue weighted by atomic mass is 19.1. The van der Waals surface area contributed by atoms with Gasteiger partial charge in [-0.2, -0.15) is 0 Å². The molecule has 9 heteroatoms. The van der Waals surface area contributed by atoms with E-state index in [0.29, 0.717) is 31.9 Å². The largest absolute Gasteiger partial charge is 0.362 e. The lowest BCUT2D eigenvalue weighted by Gasteiger charge is -2.35. The summed E-state index contributed by atoms with van der Waals surface area (Å²) in [5.74, 6) is -0.743. The lowest BCUT2D eigenvalue weighted by atomic mass is 10.1. The number of nitrogens with zero attached hydrogens (tertiary/aromatic N) is 4. The fourth-order valence-electron chi connectivity index (χ4n) is 3.49. The molecule has 0 unspecified atom stereocenters. The Bertz CT molecular complexity index is 956. The van der Waals surface area contributed by atoms with Crippen LogP contribution >= 0.6 is 0 Å². The van der Waals surface area contributed by atoms with Crippen molar-refractivity contribution in [3.8, 4) is 0 Å². The van der Waals surface area contributed by atoms with Gasteiger partial charge in [0, 0.05) is 58.3 Å². The molecule has 1 heterocycles. The number of benzene rings is 2. The third kappa shape index (κ3) is 4.73. The molecule has 30 heavy (non-hydrogen) atoms. The molecule has 2 aromatic rings. The molecule has 1 fully saturated rings. The number of hydrogen-bond acceptors (Lipinski definition) is 5. The number of piperazine rings is 1. The molecule has 1 aliphatic heterocycles. The molecule has 2 amide bonds. The summed E-state index contributed by atoms with van der Waals surface area (Å²) >= 11 is 0. The van der Waals surface area contributed by atoms with Crippen molar-refractivity contribution in [2.24, 2.45) is 0 Å². The second kappa shape index (κ2) is 8.89. The van der Waals surface area contributed by atoms with Crippen molar-refractivity contribution in [2.45, 2.75) is 13.5 Å². The lowest BCUT2D eigenvalue weighted by Crippen LogP contribution is -2.48. The zero-order chi connectivity index (χ0) is 21.8. The first-order valence-corrected chi connectivity index (χ1v) is 9.55. The minimum Gasteiger partial charge on any atom is -0.362 e. The summed E-state index contributed by atoms with van der Waals surface area (Å²) in [7, 11) is 1.59. The number of amides is 2. The first kappa shape index (κ1) is 21.2. The number of carbonyl (C=O) groups is 2. The zero-order valence-corrected chi connectivity index (χ0v) is 16.9. The fourth-order valence-corrected chi connectivity index (χ4v) is 3.49. The van der Waals surface area contributed by atoms with E-state index in [-0.39, 0.29) is 35.4 Å². The molecule has 0 aliphatic carbocycles. The Morgan fingerprint density at radius 1 is 1.10 bits per heavy atom. The molecule has 0 aromatic heterocycles. The van der Waals surface area contributed by atoms with Crippen LogP contribution in [0.2, 0.25) is 0 Å². The van der Waals surface area contributed by atoms with Crippen molar-refractivity contribution in [3.63, 3.8) is 0 Å². The maximum atomic E-state index is 13.1. The van der Waals surface area contributed by atoms with Gasteiger partial charge in [-0.25, -0.2) is 4.39 Å². The Morgan fingerprint density at radius 2 is 1.73 bits per heavy atom. The number of nitro benzene ring substituents is 1. The van der Waals surface area contributed by atoms with Crippen molar-refractivity contribution >= 4 is 23.2 Å². The molecular weight excluding hydrogens is 391 g/mol. The SMILES string of the molecule is CC(=O)N1CCN(c2ccc(C(=O)N(C)Cc3ccc(F)cc3)cc2[N+](=O)[O-])CC1. The molecule has 8 nitrogen and oxygen atoms in total. The predicted octanol–water partition coefficient (Wildman–Crippen LogP) is 2.67. The number of halogens is 1. The van der Waals surface area contributed by atoms with Gasteiger partial charge in [0.15, 0.2) is 0 Å². The molecule has 1 saturated heterocycles. The van der Waals surface area contributed by atoms with E-state index in [4.69, 9.17) is 0 Å². The minimum absolute atomic E-state index is 0.0192.